The molecule has 5 nitrogen and oxygen atoms in total. The molecule has 0 spiro atoms. The maximum atomic E-state index is 12.9. The van der Waals surface area contributed by atoms with Gasteiger partial charge in [0.25, 0.3) is 5.91 Å². The molecule has 0 saturated carbocycles. The highest BCUT2D eigenvalue weighted by molar-refractivity contribution is 5.94. The van der Waals surface area contributed by atoms with Gasteiger partial charge in [-0.2, -0.15) is 13.2 Å². The summed E-state index contributed by atoms with van der Waals surface area (Å²) in [6.45, 7) is 2.18. The van der Waals surface area contributed by atoms with Crippen LogP contribution in [0, 0.1) is 0 Å². The third-order valence-electron chi connectivity index (χ3n) is 5.92. The van der Waals surface area contributed by atoms with Crippen LogP contribution in [0.5, 0.6) is 0 Å². The summed E-state index contributed by atoms with van der Waals surface area (Å²) in [7, 11) is 0. The predicted octanol–water partition coefficient (Wildman–Crippen LogP) is 5.47. The molecule has 0 radical (unpaired) electrons. The van der Waals surface area contributed by atoms with Gasteiger partial charge in [-0.15, -0.1) is 0 Å². The minimum atomic E-state index is -5.08. The van der Waals surface area contributed by atoms with E-state index < -0.39 is 12.1 Å². The largest absolute Gasteiger partial charge is 0.490 e. The smallest absolute Gasteiger partial charge is 0.475 e. The van der Waals surface area contributed by atoms with Crippen LogP contribution in [0.25, 0.3) is 11.1 Å². The van der Waals surface area contributed by atoms with Crippen LogP contribution in [0.15, 0.2) is 78.9 Å². The summed E-state index contributed by atoms with van der Waals surface area (Å²) in [4.78, 5) is 23.8. The average molecular weight is 485 g/mol. The first-order chi connectivity index (χ1) is 16.7. The van der Waals surface area contributed by atoms with Crippen LogP contribution >= 0.6 is 0 Å². The van der Waals surface area contributed by atoms with Crippen molar-refractivity contribution in [3.8, 4) is 11.1 Å². The molecule has 1 fully saturated rings. The molecule has 1 aliphatic heterocycles. The van der Waals surface area contributed by atoms with Crippen molar-refractivity contribution in [2.75, 3.05) is 13.1 Å². The highest BCUT2D eigenvalue weighted by Crippen LogP contribution is 2.29. The van der Waals surface area contributed by atoms with Gasteiger partial charge in [0, 0.05) is 25.2 Å². The molecule has 3 aromatic rings. The number of carboxylic acid groups (broad SMARTS) is 1. The first-order valence-corrected chi connectivity index (χ1v) is 11.2. The molecule has 4 rings (SSSR count). The minimum absolute atomic E-state index is 0.133. The summed E-state index contributed by atoms with van der Waals surface area (Å²) in [6.07, 6.45) is -3.08. The van der Waals surface area contributed by atoms with Crippen LogP contribution in [0.4, 0.5) is 13.2 Å². The fourth-order valence-electron chi connectivity index (χ4n) is 4.01. The topological polar surface area (TPSA) is 83.6 Å². The Hall–Kier alpha value is -3.65. The van der Waals surface area contributed by atoms with Gasteiger partial charge in [-0.1, -0.05) is 66.7 Å². The van der Waals surface area contributed by atoms with E-state index in [1.54, 1.807) is 0 Å². The zero-order valence-electron chi connectivity index (χ0n) is 19.0. The Morgan fingerprint density at radius 1 is 0.886 bits per heavy atom. The van der Waals surface area contributed by atoms with E-state index in [9.17, 15) is 18.0 Å². The Bertz CT molecular complexity index is 1120. The van der Waals surface area contributed by atoms with Gasteiger partial charge >= 0.3 is 12.1 Å². The summed E-state index contributed by atoms with van der Waals surface area (Å²) in [5.74, 6) is -2.11. The number of nitrogens with zero attached hydrogens (tertiary/aromatic N) is 1. The second-order valence-electron chi connectivity index (χ2n) is 8.26. The van der Waals surface area contributed by atoms with Crippen LogP contribution in [0.3, 0.4) is 0 Å². The van der Waals surface area contributed by atoms with Crippen molar-refractivity contribution in [1.29, 1.82) is 0 Å². The number of nitrogens with two attached hydrogens (primary N) is 1. The summed E-state index contributed by atoms with van der Waals surface area (Å²) in [5.41, 5.74) is 11.4. The van der Waals surface area contributed by atoms with E-state index in [4.69, 9.17) is 15.6 Å². The van der Waals surface area contributed by atoms with Crippen molar-refractivity contribution < 1.29 is 27.9 Å². The number of carbonyl (C=O) groups excluding carboxylic acids is 1. The van der Waals surface area contributed by atoms with E-state index in [0.717, 1.165) is 37.1 Å². The van der Waals surface area contributed by atoms with Crippen molar-refractivity contribution in [3.63, 3.8) is 0 Å². The fourth-order valence-corrected chi connectivity index (χ4v) is 4.01. The average Bonchev–Trinajstić information content (AvgIpc) is 2.89. The van der Waals surface area contributed by atoms with Gasteiger partial charge in [-0.3, -0.25) is 4.79 Å². The van der Waals surface area contributed by atoms with E-state index in [1.165, 1.54) is 16.7 Å². The number of halogens is 3. The lowest BCUT2D eigenvalue weighted by atomic mass is 9.88. The molecule has 3 aromatic carbocycles. The van der Waals surface area contributed by atoms with Crippen LogP contribution in [-0.2, 0) is 11.3 Å². The molecule has 1 aliphatic rings. The standard InChI is InChI=1S/C25H26N2O.C2HF3O2/c26-18-19-5-4-8-24(17-19)22-13-15-27(16-14-22)25(28)23-11-9-21(10-12-23)20-6-2-1-3-7-20;3-2(4,5)1(6)7/h1-12,17,22H,13-16,18,26H2;(H,6,7). The number of hydrogen-bond acceptors (Lipinski definition) is 3. The molecule has 184 valence electrons. The molecule has 1 amide bonds. The quantitative estimate of drug-likeness (QED) is 0.515. The number of rotatable bonds is 4. The third kappa shape index (κ3) is 7.16. The van der Waals surface area contributed by atoms with E-state index in [0.29, 0.717) is 12.5 Å². The molecule has 8 heteroatoms. The Morgan fingerprint density at radius 2 is 1.46 bits per heavy atom. The Balaban J connectivity index is 0.000000429. The van der Waals surface area contributed by atoms with Crippen LogP contribution in [0.1, 0.15) is 40.2 Å². The highest BCUT2D eigenvalue weighted by atomic mass is 19.4. The zero-order valence-corrected chi connectivity index (χ0v) is 19.0. The first-order valence-electron chi connectivity index (χ1n) is 11.2. The van der Waals surface area contributed by atoms with Crippen molar-refractivity contribution in [3.05, 3.63) is 95.6 Å². The molecular weight excluding hydrogens is 457 g/mol. The summed E-state index contributed by atoms with van der Waals surface area (Å²) in [6, 6.07) is 26.8. The maximum absolute atomic E-state index is 12.9. The van der Waals surface area contributed by atoms with E-state index in [-0.39, 0.29) is 5.91 Å². The van der Waals surface area contributed by atoms with Gasteiger partial charge in [0.2, 0.25) is 0 Å². The number of hydrogen-bond donors (Lipinski definition) is 2. The van der Waals surface area contributed by atoms with Gasteiger partial charge in [0.05, 0.1) is 0 Å². The predicted molar refractivity (Wildman–Crippen MR) is 128 cm³/mol. The number of likely N-dealkylation sites (tertiary alicyclic amines) is 1. The Labute approximate surface area is 202 Å². The lowest BCUT2D eigenvalue weighted by Crippen LogP contribution is -2.37. The summed E-state index contributed by atoms with van der Waals surface area (Å²) < 4.78 is 31.7. The Kier molecular flexibility index (Phi) is 8.65. The molecule has 0 bridgehead atoms. The second-order valence-corrected chi connectivity index (χ2v) is 8.26. The van der Waals surface area contributed by atoms with Gasteiger partial charge in [-0.05, 0) is 53.1 Å². The lowest BCUT2D eigenvalue weighted by molar-refractivity contribution is -0.192. The molecule has 1 saturated heterocycles. The normalized spacial score (nSPS) is 14.1. The molecule has 0 aliphatic carbocycles. The third-order valence-corrected chi connectivity index (χ3v) is 5.92. The van der Waals surface area contributed by atoms with Gasteiger partial charge in [-0.25, -0.2) is 4.79 Å². The molecule has 1 heterocycles. The van der Waals surface area contributed by atoms with Crippen LogP contribution in [0.2, 0.25) is 0 Å². The van der Waals surface area contributed by atoms with Crippen LogP contribution < -0.4 is 5.73 Å². The molecule has 3 N–H and O–H groups in total. The number of aliphatic carboxylic acids is 1. The fraction of sp³-hybridized carbons (Fsp3) is 0.259. The monoisotopic (exact) mass is 484 g/mol. The lowest BCUT2D eigenvalue weighted by Gasteiger charge is -2.32. The van der Waals surface area contributed by atoms with Crippen molar-refractivity contribution in [2.45, 2.75) is 31.5 Å². The van der Waals surface area contributed by atoms with Crippen molar-refractivity contribution >= 4 is 11.9 Å². The van der Waals surface area contributed by atoms with E-state index in [2.05, 4.69) is 36.4 Å². The van der Waals surface area contributed by atoms with Gasteiger partial charge < -0.3 is 15.7 Å². The van der Waals surface area contributed by atoms with Gasteiger partial charge in [0.1, 0.15) is 0 Å². The van der Waals surface area contributed by atoms with Crippen LogP contribution in [-0.4, -0.2) is 41.1 Å². The minimum Gasteiger partial charge on any atom is -0.475 e. The molecule has 35 heavy (non-hydrogen) atoms. The highest BCUT2D eigenvalue weighted by Gasteiger charge is 2.38. The second kappa shape index (κ2) is 11.7. The summed E-state index contributed by atoms with van der Waals surface area (Å²) in [5, 5.41) is 7.12. The SMILES string of the molecule is NCc1cccc(C2CCN(C(=O)c3ccc(-c4ccccc4)cc3)CC2)c1.O=C(O)C(F)(F)F. The zero-order chi connectivity index (χ0) is 25.4. The summed E-state index contributed by atoms with van der Waals surface area (Å²) >= 11 is 0. The number of benzene rings is 3. The maximum Gasteiger partial charge on any atom is 0.490 e. The van der Waals surface area contributed by atoms with E-state index in [1.807, 2.05) is 47.4 Å². The molecule has 0 aromatic heterocycles. The number of amides is 1. The Morgan fingerprint density at radius 3 is 2.00 bits per heavy atom. The number of carbonyl (C=O) groups is 2. The van der Waals surface area contributed by atoms with Crippen molar-refractivity contribution in [2.24, 2.45) is 5.73 Å². The number of piperidine rings is 1. The van der Waals surface area contributed by atoms with Gasteiger partial charge in [0.15, 0.2) is 0 Å². The number of carboxylic acids is 1. The molecular formula is C27H27F3N2O3. The first kappa shape index (κ1) is 26.0. The number of alkyl halides is 3. The molecule has 0 atom stereocenters. The van der Waals surface area contributed by atoms with E-state index >= 15 is 0 Å². The van der Waals surface area contributed by atoms with Crippen molar-refractivity contribution in [1.82, 2.24) is 4.90 Å². The molecule has 0 unspecified atom stereocenters.